The molecule has 0 N–H and O–H groups in total. The first-order chi connectivity index (χ1) is 13.4. The van der Waals surface area contributed by atoms with Gasteiger partial charge >= 0.3 is 59.1 Å². The van der Waals surface area contributed by atoms with Crippen LogP contribution in [0.5, 0.6) is 23.0 Å². The maximum Gasteiger partial charge on any atom is 1.00 e. The second-order valence-electron chi connectivity index (χ2n) is 5.55. The third kappa shape index (κ3) is 6.46. The molecule has 30 heavy (non-hydrogen) atoms. The molecule has 0 fully saturated rings. The van der Waals surface area contributed by atoms with E-state index in [0.29, 0.717) is 22.9 Å². The zero-order valence-corrected chi connectivity index (χ0v) is 22.9. The van der Waals surface area contributed by atoms with Crippen molar-refractivity contribution in [3.05, 3.63) is 41.8 Å². The average Bonchev–Trinajstić information content (AvgIpc) is 3.15. The number of aromatic nitrogens is 1. The first-order valence-electron chi connectivity index (χ1n) is 7.93. The van der Waals surface area contributed by atoms with Crippen LogP contribution in [0.15, 0.2) is 41.8 Å². The number of benzene rings is 2. The number of ether oxygens (including phenoxy) is 3. The van der Waals surface area contributed by atoms with E-state index in [2.05, 4.69) is 8.90 Å². The molecule has 3 rings (SSSR count). The van der Waals surface area contributed by atoms with Crippen molar-refractivity contribution in [2.45, 2.75) is 0 Å². The van der Waals surface area contributed by atoms with Gasteiger partial charge in [0.05, 0.1) is 27.0 Å². The van der Waals surface area contributed by atoms with Gasteiger partial charge < -0.3 is 33.1 Å². The Morgan fingerprint density at radius 1 is 0.900 bits per heavy atom. The van der Waals surface area contributed by atoms with Crippen LogP contribution in [0.2, 0.25) is 0 Å². The monoisotopic (exact) mass is 467 g/mol. The summed E-state index contributed by atoms with van der Waals surface area (Å²) in [5.74, 6) is 1.43. The van der Waals surface area contributed by atoms with Gasteiger partial charge in [0.2, 0.25) is 5.75 Å². The molecule has 0 aliphatic carbocycles. The fraction of sp³-hybridized carbons (Fsp3) is 0.167. The van der Waals surface area contributed by atoms with Gasteiger partial charge in [-0.05, 0) is 41.4 Å². The molecular formula is C18H16NNa2O7PS. The quantitative estimate of drug-likeness (QED) is 0.263. The Morgan fingerprint density at radius 3 is 1.93 bits per heavy atom. The molecular weight excluding hydrogens is 451 g/mol. The zero-order valence-electron chi connectivity index (χ0n) is 17.2. The molecule has 0 bridgehead atoms. The summed E-state index contributed by atoms with van der Waals surface area (Å²) >= 11 is 1.27. The molecule has 0 aliphatic heterocycles. The summed E-state index contributed by atoms with van der Waals surface area (Å²) in [7, 11) is -0.499. The maximum atomic E-state index is 10.7. The van der Waals surface area contributed by atoms with E-state index in [0.717, 1.165) is 16.7 Å². The van der Waals surface area contributed by atoms with Crippen molar-refractivity contribution in [2.75, 3.05) is 21.3 Å². The first kappa shape index (κ1) is 27.5. The van der Waals surface area contributed by atoms with Crippen molar-refractivity contribution >= 4 is 19.4 Å². The van der Waals surface area contributed by atoms with Crippen molar-refractivity contribution in [3.8, 4) is 45.4 Å². The van der Waals surface area contributed by atoms with E-state index in [1.165, 1.54) is 45.0 Å². The Bertz CT molecular complexity index is 999. The summed E-state index contributed by atoms with van der Waals surface area (Å²) in [4.78, 5) is 21.5. The van der Waals surface area contributed by atoms with Crippen LogP contribution in [-0.2, 0) is 4.57 Å². The van der Waals surface area contributed by atoms with Gasteiger partial charge in [0, 0.05) is 16.5 Å². The van der Waals surface area contributed by atoms with Crippen molar-refractivity contribution in [3.63, 3.8) is 0 Å². The third-order valence-electron chi connectivity index (χ3n) is 3.89. The molecule has 12 heteroatoms. The van der Waals surface area contributed by atoms with Gasteiger partial charge in [0.1, 0.15) is 13.6 Å². The Morgan fingerprint density at radius 2 is 1.47 bits per heavy atom. The number of nitrogens with zero attached hydrogens (tertiary/aromatic N) is 1. The van der Waals surface area contributed by atoms with E-state index in [1.54, 1.807) is 24.3 Å². The number of phosphoric ester groups is 1. The predicted molar refractivity (Wildman–Crippen MR) is 101 cm³/mol. The summed E-state index contributed by atoms with van der Waals surface area (Å²) in [5, 5.41) is 1.86. The second-order valence-corrected chi connectivity index (χ2v) is 7.26. The molecule has 0 unspecified atom stereocenters. The number of hydrogen-bond donors (Lipinski definition) is 0. The van der Waals surface area contributed by atoms with Gasteiger partial charge in [0.25, 0.3) is 0 Å². The Hall–Kier alpha value is -0.580. The zero-order chi connectivity index (χ0) is 20.3. The molecule has 2 aromatic carbocycles. The second kappa shape index (κ2) is 11.9. The van der Waals surface area contributed by atoms with Gasteiger partial charge in [-0.15, -0.1) is 0 Å². The molecule has 0 amide bonds. The van der Waals surface area contributed by atoms with Gasteiger partial charge in [-0.3, -0.25) is 0 Å². The number of phosphoric acid groups is 1. The Kier molecular flexibility index (Phi) is 10.9. The maximum absolute atomic E-state index is 10.7. The summed E-state index contributed by atoms with van der Waals surface area (Å²) in [5.41, 5.74) is 3.04. The SMILES string of the molecule is COc1cc(-c2nscc2-c2ccc(OP(=O)([O-])[O-])cc2)cc(OC)c1OC.[Na+].[Na+]. The minimum Gasteiger partial charge on any atom is -0.780 e. The third-order valence-corrected chi connectivity index (χ3v) is 4.95. The van der Waals surface area contributed by atoms with E-state index >= 15 is 0 Å². The van der Waals surface area contributed by atoms with E-state index in [1.807, 2.05) is 5.38 Å². The molecule has 0 aliphatic rings. The standard InChI is InChI=1S/C18H18NO7PS.2Na/c1-23-15-8-12(9-16(24-2)18(15)25-3)17-14(10-28-19-17)11-4-6-13(7-5-11)26-27(20,21)22;;/h4-10H,1-3H3,(H2,20,21,22);;/q;2*+1/p-2. The van der Waals surface area contributed by atoms with E-state index in [4.69, 9.17) is 14.2 Å². The van der Waals surface area contributed by atoms with Crippen LogP contribution in [0.25, 0.3) is 22.4 Å². The van der Waals surface area contributed by atoms with Crippen LogP contribution in [0, 0.1) is 0 Å². The normalized spacial score (nSPS) is 10.4. The van der Waals surface area contributed by atoms with Crippen molar-refractivity contribution in [1.82, 2.24) is 4.37 Å². The van der Waals surface area contributed by atoms with Crippen LogP contribution in [0.4, 0.5) is 0 Å². The molecule has 0 saturated carbocycles. The fourth-order valence-corrected chi connectivity index (χ4v) is 3.79. The number of hydrogen-bond acceptors (Lipinski definition) is 9. The van der Waals surface area contributed by atoms with Gasteiger partial charge in [-0.25, -0.2) is 0 Å². The Balaban J connectivity index is 0.00000225. The molecule has 0 saturated heterocycles. The van der Waals surface area contributed by atoms with Crippen molar-refractivity contribution in [2.24, 2.45) is 0 Å². The van der Waals surface area contributed by atoms with E-state index < -0.39 is 7.82 Å². The van der Waals surface area contributed by atoms with Crippen molar-refractivity contribution in [1.29, 1.82) is 0 Å². The molecule has 0 atom stereocenters. The minimum absolute atomic E-state index is 0. The summed E-state index contributed by atoms with van der Waals surface area (Å²) in [6, 6.07) is 9.71. The summed E-state index contributed by atoms with van der Waals surface area (Å²) in [6.07, 6.45) is 0. The van der Waals surface area contributed by atoms with Crippen molar-refractivity contribution < 1.29 is 92.2 Å². The number of rotatable bonds is 7. The van der Waals surface area contributed by atoms with Gasteiger partial charge in [0.15, 0.2) is 11.5 Å². The molecule has 3 aromatic rings. The van der Waals surface area contributed by atoms with Crippen LogP contribution < -0.4 is 87.6 Å². The molecule has 0 radical (unpaired) electrons. The molecule has 8 nitrogen and oxygen atoms in total. The molecule has 1 aromatic heterocycles. The van der Waals surface area contributed by atoms with Crippen LogP contribution in [-0.4, -0.2) is 25.7 Å². The smallest absolute Gasteiger partial charge is 0.780 e. The van der Waals surface area contributed by atoms with Crippen LogP contribution in [0.3, 0.4) is 0 Å². The van der Waals surface area contributed by atoms with E-state index in [-0.39, 0.29) is 64.9 Å². The predicted octanol–water partition coefficient (Wildman–Crippen LogP) is -3.28. The topological polar surface area (TPSA) is 113 Å². The van der Waals surface area contributed by atoms with Gasteiger partial charge in [-0.2, -0.15) is 4.37 Å². The molecule has 1 heterocycles. The molecule has 0 spiro atoms. The van der Waals surface area contributed by atoms with E-state index in [9.17, 15) is 14.4 Å². The summed E-state index contributed by atoms with van der Waals surface area (Å²) in [6.45, 7) is 0. The minimum atomic E-state index is -5.10. The fourth-order valence-electron chi connectivity index (χ4n) is 2.69. The Labute approximate surface area is 222 Å². The first-order valence-corrected chi connectivity index (χ1v) is 10.2. The summed E-state index contributed by atoms with van der Waals surface area (Å²) < 4.78 is 35.7. The van der Waals surface area contributed by atoms with Crippen LogP contribution >= 0.6 is 19.4 Å². The number of methoxy groups -OCH3 is 3. The largest absolute Gasteiger partial charge is 1.00 e. The average molecular weight is 467 g/mol. The van der Waals surface area contributed by atoms with Gasteiger partial charge in [-0.1, -0.05) is 12.1 Å². The molecule has 148 valence electrons. The van der Waals surface area contributed by atoms with Crippen LogP contribution in [0.1, 0.15) is 0 Å².